The molecule has 0 saturated carbocycles. The van der Waals surface area contributed by atoms with Gasteiger partial charge in [-0.15, -0.1) is 0 Å². The smallest absolute Gasteiger partial charge is 0.120 e. The van der Waals surface area contributed by atoms with Gasteiger partial charge in [-0.3, -0.25) is 4.90 Å². The Morgan fingerprint density at radius 3 is 2.86 bits per heavy atom. The van der Waals surface area contributed by atoms with Crippen LogP contribution in [0.1, 0.15) is 45.6 Å². The molecule has 0 spiro atoms. The molecule has 1 aromatic rings. The fourth-order valence-electron chi connectivity index (χ4n) is 2.94. The zero-order valence-corrected chi connectivity index (χ0v) is 13.8. The first-order valence-electron chi connectivity index (χ1n) is 8.38. The van der Waals surface area contributed by atoms with Gasteiger partial charge in [0.15, 0.2) is 0 Å². The Balaban J connectivity index is 1.91. The lowest BCUT2D eigenvalue weighted by Crippen LogP contribution is -2.43. The van der Waals surface area contributed by atoms with E-state index in [2.05, 4.69) is 49.2 Å². The number of hydrogen-bond acceptors (Lipinski definition) is 3. The number of piperidine rings is 1. The summed E-state index contributed by atoms with van der Waals surface area (Å²) in [7, 11) is 0. The minimum Gasteiger partial charge on any atom is -0.491 e. The average Bonchev–Trinajstić information content (AvgIpc) is 2.47. The van der Waals surface area contributed by atoms with Crippen LogP contribution in [0, 0.1) is 0 Å². The second-order valence-corrected chi connectivity index (χ2v) is 6.29. The molecule has 0 aliphatic carbocycles. The summed E-state index contributed by atoms with van der Waals surface area (Å²) >= 11 is 0. The summed E-state index contributed by atoms with van der Waals surface area (Å²) < 4.78 is 5.79. The van der Waals surface area contributed by atoms with E-state index in [-0.39, 0.29) is 6.10 Å². The minimum atomic E-state index is 0.231. The minimum absolute atomic E-state index is 0.231. The van der Waals surface area contributed by atoms with E-state index in [4.69, 9.17) is 4.74 Å². The molecule has 118 valence electrons. The van der Waals surface area contributed by atoms with Gasteiger partial charge in [-0.25, -0.2) is 0 Å². The summed E-state index contributed by atoms with van der Waals surface area (Å²) in [5, 5.41) is 3.64. The van der Waals surface area contributed by atoms with Crippen molar-refractivity contribution in [1.82, 2.24) is 10.2 Å². The Morgan fingerprint density at radius 1 is 1.33 bits per heavy atom. The maximum Gasteiger partial charge on any atom is 0.120 e. The first-order chi connectivity index (χ1) is 10.2. The second-order valence-electron chi connectivity index (χ2n) is 6.29. The first kappa shape index (κ1) is 16.3. The van der Waals surface area contributed by atoms with Crippen molar-refractivity contribution >= 4 is 0 Å². The van der Waals surface area contributed by atoms with Crippen LogP contribution in [0.15, 0.2) is 24.3 Å². The number of ether oxygens (including phenoxy) is 1. The Hall–Kier alpha value is -1.06. The lowest BCUT2D eigenvalue weighted by atomic mass is 10.0. The van der Waals surface area contributed by atoms with E-state index < -0.39 is 0 Å². The third-order valence-corrected chi connectivity index (χ3v) is 4.01. The van der Waals surface area contributed by atoms with Crippen molar-refractivity contribution < 1.29 is 4.74 Å². The van der Waals surface area contributed by atoms with Crippen molar-refractivity contribution in [2.75, 3.05) is 19.6 Å². The topological polar surface area (TPSA) is 24.5 Å². The highest BCUT2D eigenvalue weighted by Gasteiger charge is 2.16. The Kier molecular flexibility index (Phi) is 6.52. The largest absolute Gasteiger partial charge is 0.491 e. The Morgan fingerprint density at radius 2 is 2.19 bits per heavy atom. The van der Waals surface area contributed by atoms with Crippen molar-refractivity contribution in [2.45, 2.75) is 58.7 Å². The molecule has 1 N–H and O–H groups in total. The average molecular weight is 290 g/mol. The molecule has 0 radical (unpaired) electrons. The SMILES string of the molecule is CCN(Cc1cccc(OC(C)C)c1)CC1CCCCN1. The van der Waals surface area contributed by atoms with Gasteiger partial charge in [0, 0.05) is 19.1 Å². The highest BCUT2D eigenvalue weighted by molar-refractivity contribution is 5.28. The molecular formula is C18H30N2O. The molecule has 1 saturated heterocycles. The van der Waals surface area contributed by atoms with Gasteiger partial charge in [0.25, 0.3) is 0 Å². The van der Waals surface area contributed by atoms with Gasteiger partial charge in [-0.2, -0.15) is 0 Å². The molecule has 1 heterocycles. The van der Waals surface area contributed by atoms with Gasteiger partial charge >= 0.3 is 0 Å². The van der Waals surface area contributed by atoms with E-state index in [1.54, 1.807) is 0 Å². The predicted molar refractivity (Wildman–Crippen MR) is 88.8 cm³/mol. The zero-order chi connectivity index (χ0) is 15.1. The summed E-state index contributed by atoms with van der Waals surface area (Å²) in [6.07, 6.45) is 4.24. The first-order valence-corrected chi connectivity index (χ1v) is 8.38. The standard InChI is InChI=1S/C18H30N2O/c1-4-20(14-17-9-5-6-11-19-17)13-16-8-7-10-18(12-16)21-15(2)3/h7-8,10,12,15,17,19H,4-6,9,11,13-14H2,1-3H3. The van der Waals surface area contributed by atoms with Crippen LogP contribution in [0.4, 0.5) is 0 Å². The van der Waals surface area contributed by atoms with Crippen LogP contribution in [-0.4, -0.2) is 36.7 Å². The molecule has 3 nitrogen and oxygen atoms in total. The molecule has 1 fully saturated rings. The lowest BCUT2D eigenvalue weighted by Gasteiger charge is -2.30. The molecule has 1 aromatic carbocycles. The fourth-order valence-corrected chi connectivity index (χ4v) is 2.94. The normalized spacial score (nSPS) is 19.2. The van der Waals surface area contributed by atoms with Crippen molar-refractivity contribution in [2.24, 2.45) is 0 Å². The van der Waals surface area contributed by atoms with Gasteiger partial charge in [-0.1, -0.05) is 25.5 Å². The zero-order valence-electron chi connectivity index (χ0n) is 13.8. The summed E-state index contributed by atoms with van der Waals surface area (Å²) in [6.45, 7) is 10.8. The molecule has 0 aromatic heterocycles. The van der Waals surface area contributed by atoms with E-state index in [9.17, 15) is 0 Å². The number of hydrogen-bond donors (Lipinski definition) is 1. The Bertz CT molecular complexity index is 413. The van der Waals surface area contributed by atoms with Crippen LogP contribution in [0.2, 0.25) is 0 Å². The van der Waals surface area contributed by atoms with E-state index >= 15 is 0 Å². The van der Waals surface area contributed by atoms with Gasteiger partial charge in [0.05, 0.1) is 6.10 Å². The van der Waals surface area contributed by atoms with E-state index in [0.717, 1.165) is 25.4 Å². The number of nitrogens with one attached hydrogen (secondary N) is 1. The molecule has 1 atom stereocenters. The van der Waals surface area contributed by atoms with Crippen molar-refractivity contribution in [3.63, 3.8) is 0 Å². The van der Waals surface area contributed by atoms with Crippen LogP contribution in [0.5, 0.6) is 5.75 Å². The quantitative estimate of drug-likeness (QED) is 0.832. The fraction of sp³-hybridized carbons (Fsp3) is 0.667. The molecule has 3 heteroatoms. The molecule has 1 aliphatic heterocycles. The van der Waals surface area contributed by atoms with Crippen LogP contribution in [0.25, 0.3) is 0 Å². The van der Waals surface area contributed by atoms with Gasteiger partial charge < -0.3 is 10.1 Å². The highest BCUT2D eigenvalue weighted by atomic mass is 16.5. The molecule has 21 heavy (non-hydrogen) atoms. The monoisotopic (exact) mass is 290 g/mol. The summed E-state index contributed by atoms with van der Waals surface area (Å²) in [6, 6.07) is 9.18. The van der Waals surface area contributed by atoms with Crippen molar-refractivity contribution in [3.05, 3.63) is 29.8 Å². The predicted octanol–water partition coefficient (Wildman–Crippen LogP) is 3.44. The van der Waals surface area contributed by atoms with Crippen molar-refractivity contribution in [1.29, 1.82) is 0 Å². The van der Waals surface area contributed by atoms with E-state index in [1.165, 1.54) is 31.4 Å². The number of benzene rings is 1. The molecule has 0 amide bonds. The number of rotatable bonds is 7. The summed E-state index contributed by atoms with van der Waals surface area (Å²) in [4.78, 5) is 2.53. The Labute approximate surface area is 129 Å². The molecule has 1 unspecified atom stereocenters. The lowest BCUT2D eigenvalue weighted by molar-refractivity contribution is 0.224. The van der Waals surface area contributed by atoms with Crippen LogP contribution in [0.3, 0.4) is 0 Å². The maximum absolute atomic E-state index is 5.79. The summed E-state index contributed by atoms with van der Waals surface area (Å²) in [5.74, 6) is 0.981. The molecule has 0 bridgehead atoms. The van der Waals surface area contributed by atoms with Gasteiger partial charge in [-0.05, 0) is 57.5 Å². The second kappa shape index (κ2) is 8.40. The summed E-state index contributed by atoms with van der Waals surface area (Å²) in [5.41, 5.74) is 1.34. The van der Waals surface area contributed by atoms with Crippen LogP contribution >= 0.6 is 0 Å². The molecular weight excluding hydrogens is 260 g/mol. The van der Waals surface area contributed by atoms with Crippen LogP contribution < -0.4 is 10.1 Å². The number of nitrogens with zero attached hydrogens (tertiary/aromatic N) is 1. The molecule has 2 rings (SSSR count). The number of likely N-dealkylation sites (N-methyl/N-ethyl adjacent to an activating group) is 1. The third kappa shape index (κ3) is 5.68. The van der Waals surface area contributed by atoms with Gasteiger partial charge in [0.1, 0.15) is 5.75 Å². The molecule has 1 aliphatic rings. The van der Waals surface area contributed by atoms with Crippen LogP contribution in [-0.2, 0) is 6.54 Å². The van der Waals surface area contributed by atoms with Gasteiger partial charge in [0.2, 0.25) is 0 Å². The highest BCUT2D eigenvalue weighted by Crippen LogP contribution is 2.17. The van der Waals surface area contributed by atoms with E-state index in [1.807, 2.05) is 6.07 Å². The van der Waals surface area contributed by atoms with E-state index in [0.29, 0.717) is 6.04 Å². The van der Waals surface area contributed by atoms with Crippen molar-refractivity contribution in [3.8, 4) is 5.75 Å². The third-order valence-electron chi connectivity index (χ3n) is 4.01. The maximum atomic E-state index is 5.79.